The van der Waals surface area contributed by atoms with Crippen molar-refractivity contribution in [1.82, 2.24) is 9.55 Å². The molecule has 0 aliphatic rings. The Morgan fingerprint density at radius 2 is 2.09 bits per heavy atom. The Bertz CT molecular complexity index is 819. The average Bonchev–Trinajstić information content (AvgIpc) is 2.48. The van der Waals surface area contributed by atoms with E-state index in [4.69, 9.17) is 9.84 Å². The Balaban J connectivity index is 2.35. The van der Waals surface area contributed by atoms with Gasteiger partial charge in [-0.1, -0.05) is 13.8 Å². The topological polar surface area (TPSA) is 101 Å². The molecule has 23 heavy (non-hydrogen) atoms. The molecule has 0 aliphatic heterocycles. The molecule has 0 aliphatic carbocycles. The predicted octanol–water partition coefficient (Wildman–Crippen LogP) is 1.59. The summed E-state index contributed by atoms with van der Waals surface area (Å²) in [5.74, 6) is -0.0407. The number of carboxylic acid groups (broad SMARTS) is 1. The molecule has 0 amide bonds. The highest BCUT2D eigenvalue weighted by molar-refractivity contribution is 5.78. The summed E-state index contributed by atoms with van der Waals surface area (Å²) < 4.78 is 6.62. The van der Waals surface area contributed by atoms with Crippen LogP contribution in [-0.4, -0.2) is 27.2 Å². The van der Waals surface area contributed by atoms with Gasteiger partial charge in [0.2, 0.25) is 0 Å². The summed E-state index contributed by atoms with van der Waals surface area (Å²) in [7, 11) is 0. The van der Waals surface area contributed by atoms with Crippen LogP contribution in [0, 0.1) is 5.92 Å². The fourth-order valence-electron chi connectivity index (χ4n) is 2.17. The molecular weight excluding hydrogens is 300 g/mol. The van der Waals surface area contributed by atoms with Crippen LogP contribution in [-0.2, 0) is 11.3 Å². The Morgan fingerprint density at radius 1 is 1.35 bits per heavy atom. The number of H-pyrrole nitrogens is 1. The lowest BCUT2D eigenvalue weighted by Gasteiger charge is -2.10. The first kappa shape index (κ1) is 16.8. The van der Waals surface area contributed by atoms with Crippen molar-refractivity contribution in [3.63, 3.8) is 0 Å². The van der Waals surface area contributed by atoms with Gasteiger partial charge in [0.05, 0.1) is 17.5 Å². The second-order valence-electron chi connectivity index (χ2n) is 5.80. The molecule has 1 aromatic carbocycles. The van der Waals surface area contributed by atoms with Gasteiger partial charge in [0, 0.05) is 13.0 Å². The molecule has 7 heteroatoms. The van der Waals surface area contributed by atoms with Gasteiger partial charge < -0.3 is 14.8 Å². The zero-order chi connectivity index (χ0) is 17.0. The summed E-state index contributed by atoms with van der Waals surface area (Å²) in [6.07, 6.45) is 0.120. The summed E-state index contributed by atoms with van der Waals surface area (Å²) in [5.41, 5.74) is -0.542. The van der Waals surface area contributed by atoms with Crippen molar-refractivity contribution in [3.8, 4) is 5.75 Å². The van der Waals surface area contributed by atoms with Crippen LogP contribution in [0.15, 0.2) is 27.8 Å². The third-order valence-electron chi connectivity index (χ3n) is 3.31. The molecule has 7 nitrogen and oxygen atoms in total. The number of carbonyl (C=O) groups is 1. The zero-order valence-corrected chi connectivity index (χ0v) is 13.2. The van der Waals surface area contributed by atoms with Crippen molar-refractivity contribution in [2.24, 2.45) is 5.92 Å². The molecule has 2 N–H and O–H groups in total. The van der Waals surface area contributed by atoms with E-state index in [1.54, 1.807) is 18.2 Å². The summed E-state index contributed by atoms with van der Waals surface area (Å²) in [6, 6.07) is 4.94. The lowest BCUT2D eigenvalue weighted by atomic mass is 10.2. The van der Waals surface area contributed by atoms with Crippen molar-refractivity contribution in [2.45, 2.75) is 33.2 Å². The van der Waals surface area contributed by atoms with Crippen molar-refractivity contribution in [2.75, 3.05) is 6.61 Å². The maximum atomic E-state index is 12.5. The summed E-state index contributed by atoms with van der Waals surface area (Å²) >= 11 is 0. The minimum Gasteiger partial charge on any atom is -0.493 e. The van der Waals surface area contributed by atoms with E-state index in [1.165, 1.54) is 0 Å². The van der Waals surface area contributed by atoms with Crippen molar-refractivity contribution in [3.05, 3.63) is 39.0 Å². The highest BCUT2D eigenvalue weighted by Crippen LogP contribution is 2.16. The van der Waals surface area contributed by atoms with Crippen LogP contribution < -0.4 is 16.0 Å². The Labute approximate surface area is 132 Å². The number of rotatable bonds is 7. The largest absolute Gasteiger partial charge is 0.493 e. The second kappa shape index (κ2) is 7.13. The molecule has 1 aromatic heterocycles. The molecule has 0 saturated carbocycles. The van der Waals surface area contributed by atoms with Crippen LogP contribution in [0.4, 0.5) is 0 Å². The lowest BCUT2D eigenvalue weighted by Crippen LogP contribution is -2.35. The van der Waals surface area contributed by atoms with Gasteiger partial charge in [0.15, 0.2) is 0 Å². The first-order chi connectivity index (χ1) is 10.9. The SMILES string of the molecule is CC(C)COc1ccc2[nH]c(=O)n(CCCC(=O)O)c(=O)c2c1. The lowest BCUT2D eigenvalue weighted by molar-refractivity contribution is -0.137. The van der Waals surface area contributed by atoms with Gasteiger partial charge in [-0.15, -0.1) is 0 Å². The van der Waals surface area contributed by atoms with Crippen molar-refractivity contribution < 1.29 is 14.6 Å². The number of ether oxygens (including phenoxy) is 1. The average molecular weight is 320 g/mol. The van der Waals surface area contributed by atoms with E-state index < -0.39 is 17.2 Å². The third-order valence-corrected chi connectivity index (χ3v) is 3.31. The van der Waals surface area contributed by atoms with Crippen molar-refractivity contribution >= 4 is 16.9 Å². The molecule has 0 radical (unpaired) electrons. The normalized spacial score (nSPS) is 11.1. The van der Waals surface area contributed by atoms with Gasteiger partial charge >= 0.3 is 11.7 Å². The Hall–Kier alpha value is -2.57. The number of aliphatic carboxylic acids is 1. The van der Waals surface area contributed by atoms with E-state index >= 15 is 0 Å². The van der Waals surface area contributed by atoms with Gasteiger partial charge in [-0.2, -0.15) is 0 Å². The number of aromatic nitrogens is 2. The summed E-state index contributed by atoms with van der Waals surface area (Å²) in [5, 5.41) is 9.00. The maximum Gasteiger partial charge on any atom is 0.328 e. The van der Waals surface area contributed by atoms with E-state index in [9.17, 15) is 14.4 Å². The van der Waals surface area contributed by atoms with Crippen LogP contribution in [0.2, 0.25) is 0 Å². The second-order valence-corrected chi connectivity index (χ2v) is 5.80. The van der Waals surface area contributed by atoms with E-state index in [2.05, 4.69) is 4.98 Å². The van der Waals surface area contributed by atoms with Gasteiger partial charge in [0.1, 0.15) is 5.75 Å². The monoisotopic (exact) mass is 320 g/mol. The fourth-order valence-corrected chi connectivity index (χ4v) is 2.17. The number of nitrogens with one attached hydrogen (secondary N) is 1. The Kier molecular flexibility index (Phi) is 5.20. The van der Waals surface area contributed by atoms with Crippen LogP contribution in [0.25, 0.3) is 10.9 Å². The highest BCUT2D eigenvalue weighted by atomic mass is 16.5. The van der Waals surface area contributed by atoms with E-state index in [0.717, 1.165) is 4.57 Å². The molecule has 0 saturated heterocycles. The number of aromatic amines is 1. The number of nitrogens with zero attached hydrogens (tertiary/aromatic N) is 1. The third kappa shape index (κ3) is 4.21. The quantitative estimate of drug-likeness (QED) is 0.806. The van der Waals surface area contributed by atoms with Gasteiger partial charge in [-0.3, -0.25) is 14.2 Å². The van der Waals surface area contributed by atoms with Gasteiger partial charge in [-0.25, -0.2) is 4.79 Å². The number of fused-ring (bicyclic) bond motifs is 1. The molecule has 0 spiro atoms. The van der Waals surface area contributed by atoms with E-state index in [0.29, 0.717) is 29.2 Å². The molecule has 0 bridgehead atoms. The van der Waals surface area contributed by atoms with Crippen LogP contribution >= 0.6 is 0 Å². The molecule has 0 fully saturated rings. The van der Waals surface area contributed by atoms with Gasteiger partial charge in [0.25, 0.3) is 5.56 Å². The van der Waals surface area contributed by atoms with E-state index in [1.807, 2.05) is 13.8 Å². The molecule has 1 heterocycles. The van der Waals surface area contributed by atoms with Crippen LogP contribution in [0.1, 0.15) is 26.7 Å². The fraction of sp³-hybridized carbons (Fsp3) is 0.438. The number of carboxylic acids is 1. The molecule has 2 aromatic rings. The minimum atomic E-state index is -0.959. The molecular formula is C16H20N2O5. The van der Waals surface area contributed by atoms with Crippen LogP contribution in [0.3, 0.4) is 0 Å². The minimum absolute atomic E-state index is 0.0630. The zero-order valence-electron chi connectivity index (χ0n) is 13.2. The van der Waals surface area contributed by atoms with Gasteiger partial charge in [-0.05, 0) is 30.5 Å². The molecule has 0 unspecified atom stereocenters. The number of hydrogen-bond donors (Lipinski definition) is 2. The predicted molar refractivity (Wildman–Crippen MR) is 86.0 cm³/mol. The van der Waals surface area contributed by atoms with Crippen molar-refractivity contribution in [1.29, 1.82) is 0 Å². The summed E-state index contributed by atoms with van der Waals surface area (Å²) in [6.45, 7) is 4.64. The maximum absolute atomic E-state index is 12.5. The molecule has 124 valence electrons. The number of hydrogen-bond acceptors (Lipinski definition) is 4. The smallest absolute Gasteiger partial charge is 0.328 e. The molecule has 2 rings (SSSR count). The number of benzene rings is 1. The first-order valence-corrected chi connectivity index (χ1v) is 7.50. The summed E-state index contributed by atoms with van der Waals surface area (Å²) in [4.78, 5) is 37.6. The Morgan fingerprint density at radius 3 is 2.74 bits per heavy atom. The van der Waals surface area contributed by atoms with E-state index in [-0.39, 0.29) is 19.4 Å². The first-order valence-electron chi connectivity index (χ1n) is 7.50. The standard InChI is InChI=1S/C16H20N2O5/c1-10(2)9-23-11-5-6-13-12(8-11)15(21)18(16(22)17-13)7-3-4-14(19)20/h5-6,8,10H,3-4,7,9H2,1-2H3,(H,17,22)(H,19,20). The van der Waals surface area contributed by atoms with Crippen LogP contribution in [0.5, 0.6) is 5.75 Å². The highest BCUT2D eigenvalue weighted by Gasteiger charge is 2.09. The molecule has 0 atom stereocenters.